The van der Waals surface area contributed by atoms with Gasteiger partial charge in [0.2, 0.25) is 0 Å². The summed E-state index contributed by atoms with van der Waals surface area (Å²) in [4.78, 5) is 1.84. The second-order valence-electron chi connectivity index (χ2n) is 5.29. The molecule has 1 aliphatic rings. The highest BCUT2D eigenvalue weighted by atomic mass is 19.1. The molecule has 0 spiro atoms. The van der Waals surface area contributed by atoms with E-state index in [4.69, 9.17) is 5.73 Å². The Morgan fingerprint density at radius 1 is 1.21 bits per heavy atom. The molecule has 1 aromatic carbocycles. The summed E-state index contributed by atoms with van der Waals surface area (Å²) < 4.78 is 28.2. The lowest BCUT2D eigenvalue weighted by Gasteiger charge is -2.33. The molecule has 19 heavy (non-hydrogen) atoms. The number of hydrogen-bond acceptors (Lipinski definition) is 2. The predicted octanol–water partition coefficient (Wildman–Crippen LogP) is 3.09. The minimum absolute atomic E-state index is 0.135. The van der Waals surface area contributed by atoms with E-state index in [-0.39, 0.29) is 5.69 Å². The van der Waals surface area contributed by atoms with Crippen LogP contribution >= 0.6 is 0 Å². The van der Waals surface area contributed by atoms with Crippen molar-refractivity contribution in [3.05, 3.63) is 29.3 Å². The summed E-state index contributed by atoms with van der Waals surface area (Å²) in [6, 6.07) is 2.83. The zero-order valence-corrected chi connectivity index (χ0v) is 11.5. The number of nitrogens with zero attached hydrogens (tertiary/aromatic N) is 1. The number of piperidine rings is 1. The van der Waals surface area contributed by atoms with Gasteiger partial charge in [0.25, 0.3) is 0 Å². The Balaban J connectivity index is 2.16. The molecule has 0 bridgehead atoms. The second-order valence-corrected chi connectivity index (χ2v) is 5.29. The van der Waals surface area contributed by atoms with Crippen LogP contribution in [-0.2, 0) is 6.42 Å². The first-order valence-electron chi connectivity index (χ1n) is 7.08. The summed E-state index contributed by atoms with van der Waals surface area (Å²) in [5.41, 5.74) is 6.18. The first kappa shape index (κ1) is 14.3. The zero-order valence-electron chi connectivity index (χ0n) is 11.5. The Morgan fingerprint density at radius 3 is 2.26 bits per heavy atom. The largest absolute Gasteiger partial charge is 0.367 e. The molecule has 0 saturated carbocycles. The van der Waals surface area contributed by atoms with E-state index in [2.05, 4.69) is 6.92 Å². The Kier molecular flexibility index (Phi) is 4.75. The van der Waals surface area contributed by atoms with Crippen molar-refractivity contribution in [2.24, 2.45) is 11.7 Å². The van der Waals surface area contributed by atoms with Gasteiger partial charge in [0.1, 0.15) is 17.3 Å². The molecule has 1 saturated heterocycles. The van der Waals surface area contributed by atoms with Crippen molar-refractivity contribution >= 4 is 5.69 Å². The van der Waals surface area contributed by atoms with E-state index in [1.807, 2.05) is 4.90 Å². The Hall–Kier alpha value is -1.16. The number of benzene rings is 1. The van der Waals surface area contributed by atoms with Crippen LogP contribution in [0.5, 0.6) is 0 Å². The highest BCUT2D eigenvalue weighted by Crippen LogP contribution is 2.30. The van der Waals surface area contributed by atoms with Crippen molar-refractivity contribution < 1.29 is 8.78 Å². The summed E-state index contributed by atoms with van der Waals surface area (Å²) in [5.74, 6) is -0.226. The molecule has 0 aliphatic carbocycles. The van der Waals surface area contributed by atoms with Crippen LogP contribution < -0.4 is 10.6 Å². The molecular weight excluding hydrogens is 246 g/mol. The highest BCUT2D eigenvalue weighted by molar-refractivity contribution is 5.51. The van der Waals surface area contributed by atoms with Crippen molar-refractivity contribution in [2.45, 2.75) is 32.6 Å². The maximum atomic E-state index is 14.1. The van der Waals surface area contributed by atoms with Gasteiger partial charge in [0.05, 0.1) is 0 Å². The lowest BCUT2D eigenvalue weighted by molar-refractivity contribution is 0.389. The minimum atomic E-state index is -0.460. The Bertz CT molecular complexity index is 403. The Labute approximate surface area is 113 Å². The summed E-state index contributed by atoms with van der Waals surface area (Å²) in [6.45, 7) is 4.05. The summed E-state index contributed by atoms with van der Waals surface area (Å²) >= 11 is 0. The molecule has 1 fully saturated rings. The van der Waals surface area contributed by atoms with E-state index in [0.717, 1.165) is 32.4 Å². The molecule has 0 aromatic heterocycles. The fraction of sp³-hybridized carbons (Fsp3) is 0.600. The van der Waals surface area contributed by atoms with Crippen LogP contribution in [0.4, 0.5) is 14.5 Å². The van der Waals surface area contributed by atoms with Crippen molar-refractivity contribution in [1.82, 2.24) is 0 Å². The van der Waals surface area contributed by atoms with Gasteiger partial charge in [-0.1, -0.05) is 13.3 Å². The lowest BCUT2D eigenvalue weighted by atomic mass is 9.94. The van der Waals surface area contributed by atoms with E-state index in [9.17, 15) is 8.78 Å². The van der Waals surface area contributed by atoms with E-state index < -0.39 is 11.6 Å². The fourth-order valence-corrected chi connectivity index (χ4v) is 2.80. The summed E-state index contributed by atoms with van der Waals surface area (Å²) in [7, 11) is 0. The third-order valence-corrected chi connectivity index (χ3v) is 4.02. The van der Waals surface area contributed by atoms with Gasteiger partial charge in [-0.3, -0.25) is 0 Å². The molecule has 0 amide bonds. The summed E-state index contributed by atoms with van der Waals surface area (Å²) in [6.07, 6.45) is 3.68. The first-order chi connectivity index (χ1) is 9.15. The van der Waals surface area contributed by atoms with E-state index >= 15 is 0 Å². The van der Waals surface area contributed by atoms with Gasteiger partial charge < -0.3 is 10.6 Å². The second kappa shape index (κ2) is 6.33. The van der Waals surface area contributed by atoms with Gasteiger partial charge in [-0.2, -0.15) is 0 Å². The van der Waals surface area contributed by atoms with Crippen LogP contribution in [0, 0.1) is 17.6 Å². The molecule has 1 heterocycles. The van der Waals surface area contributed by atoms with Crippen LogP contribution in [-0.4, -0.2) is 19.6 Å². The molecular formula is C15H22F2N2. The van der Waals surface area contributed by atoms with Crippen LogP contribution in [0.2, 0.25) is 0 Å². The van der Waals surface area contributed by atoms with Gasteiger partial charge >= 0.3 is 0 Å². The summed E-state index contributed by atoms with van der Waals surface area (Å²) in [5, 5.41) is 0. The minimum Gasteiger partial charge on any atom is -0.367 e. The number of nitrogens with two attached hydrogens (primary N) is 1. The molecule has 1 aliphatic heterocycles. The SMILES string of the molecule is CCC1CCN(c2c(F)cc(CCN)cc2F)CC1. The Morgan fingerprint density at radius 2 is 1.79 bits per heavy atom. The third-order valence-electron chi connectivity index (χ3n) is 4.02. The van der Waals surface area contributed by atoms with Gasteiger partial charge in [-0.25, -0.2) is 8.78 Å². The van der Waals surface area contributed by atoms with Gasteiger partial charge in [0.15, 0.2) is 0 Å². The van der Waals surface area contributed by atoms with Crippen LogP contribution in [0.1, 0.15) is 31.7 Å². The number of halogens is 2. The van der Waals surface area contributed by atoms with Crippen LogP contribution in [0.3, 0.4) is 0 Å². The average Bonchev–Trinajstić information content (AvgIpc) is 2.39. The predicted molar refractivity (Wildman–Crippen MR) is 74.3 cm³/mol. The maximum absolute atomic E-state index is 14.1. The fourth-order valence-electron chi connectivity index (χ4n) is 2.80. The monoisotopic (exact) mass is 268 g/mol. The highest BCUT2D eigenvalue weighted by Gasteiger charge is 2.23. The van der Waals surface area contributed by atoms with Crippen molar-refractivity contribution in [3.63, 3.8) is 0 Å². The van der Waals surface area contributed by atoms with E-state index in [1.54, 1.807) is 0 Å². The molecule has 0 atom stereocenters. The molecule has 0 unspecified atom stereocenters. The zero-order chi connectivity index (χ0) is 13.8. The molecule has 2 nitrogen and oxygen atoms in total. The standard InChI is InChI=1S/C15H22F2N2/c1-2-11-4-7-19(8-5-11)15-13(16)9-12(3-6-18)10-14(15)17/h9-11H,2-8,18H2,1H3. The molecule has 1 aromatic rings. The molecule has 4 heteroatoms. The molecule has 106 valence electrons. The number of hydrogen-bond donors (Lipinski definition) is 1. The van der Waals surface area contributed by atoms with Gasteiger partial charge in [0, 0.05) is 13.1 Å². The molecule has 2 rings (SSSR count). The van der Waals surface area contributed by atoms with Crippen molar-refractivity contribution in [1.29, 1.82) is 0 Å². The third kappa shape index (κ3) is 3.24. The van der Waals surface area contributed by atoms with Crippen molar-refractivity contribution in [2.75, 3.05) is 24.5 Å². The normalized spacial score (nSPS) is 16.9. The topological polar surface area (TPSA) is 29.3 Å². The number of rotatable bonds is 4. The number of anilines is 1. The quantitative estimate of drug-likeness (QED) is 0.909. The van der Waals surface area contributed by atoms with E-state index in [0.29, 0.717) is 24.4 Å². The molecule has 0 radical (unpaired) electrons. The van der Waals surface area contributed by atoms with Gasteiger partial charge in [-0.15, -0.1) is 0 Å². The first-order valence-corrected chi connectivity index (χ1v) is 7.08. The molecule has 2 N–H and O–H groups in total. The lowest BCUT2D eigenvalue weighted by Crippen LogP contribution is -2.34. The van der Waals surface area contributed by atoms with Crippen LogP contribution in [0.15, 0.2) is 12.1 Å². The van der Waals surface area contributed by atoms with Gasteiger partial charge in [-0.05, 0) is 49.4 Å². The smallest absolute Gasteiger partial charge is 0.149 e. The average molecular weight is 268 g/mol. The maximum Gasteiger partial charge on any atom is 0.149 e. The van der Waals surface area contributed by atoms with E-state index in [1.165, 1.54) is 12.1 Å². The van der Waals surface area contributed by atoms with Crippen LogP contribution in [0.25, 0.3) is 0 Å². The van der Waals surface area contributed by atoms with Crippen molar-refractivity contribution in [3.8, 4) is 0 Å².